The molecule has 1 saturated heterocycles. The Labute approximate surface area is 153 Å². The summed E-state index contributed by atoms with van der Waals surface area (Å²) in [6.45, 7) is 1.75. The Balaban J connectivity index is 1.47. The highest BCUT2D eigenvalue weighted by Crippen LogP contribution is 2.20. The summed E-state index contributed by atoms with van der Waals surface area (Å²) in [6.07, 6.45) is 3.12. The number of para-hydroxylation sites is 2. The molecule has 1 aliphatic heterocycles. The van der Waals surface area contributed by atoms with Gasteiger partial charge in [-0.15, -0.1) is 0 Å². The standard InChI is InChI=1S/C21H24O5/c22-21(26-16-18-10-6-7-13-23-18)19-11-4-5-12-20(19)25-15-14-24-17-8-2-1-3-9-17/h1-5,8-9,11-12,18H,6-7,10,13-16H2. The fourth-order valence-electron chi connectivity index (χ4n) is 2.77. The van der Waals surface area contributed by atoms with Crippen molar-refractivity contribution >= 4 is 5.97 Å². The SMILES string of the molecule is O=C(OCC1CCCCO1)c1ccccc1OCCOc1ccccc1. The number of hydrogen-bond donors (Lipinski definition) is 0. The summed E-state index contributed by atoms with van der Waals surface area (Å²) >= 11 is 0. The van der Waals surface area contributed by atoms with Gasteiger partial charge in [-0.25, -0.2) is 4.79 Å². The fourth-order valence-corrected chi connectivity index (χ4v) is 2.77. The van der Waals surface area contributed by atoms with Gasteiger partial charge in [-0.1, -0.05) is 30.3 Å². The molecule has 2 aromatic carbocycles. The van der Waals surface area contributed by atoms with Crippen LogP contribution in [0.15, 0.2) is 54.6 Å². The second kappa shape index (κ2) is 9.82. The third-order valence-corrected chi connectivity index (χ3v) is 4.13. The number of carbonyl (C=O) groups excluding carboxylic acids is 1. The molecule has 138 valence electrons. The van der Waals surface area contributed by atoms with Crippen molar-refractivity contribution in [2.45, 2.75) is 25.4 Å². The van der Waals surface area contributed by atoms with Crippen molar-refractivity contribution in [2.24, 2.45) is 0 Å². The van der Waals surface area contributed by atoms with E-state index < -0.39 is 5.97 Å². The molecular weight excluding hydrogens is 332 g/mol. The molecule has 0 aromatic heterocycles. The number of esters is 1. The molecule has 1 heterocycles. The fraction of sp³-hybridized carbons (Fsp3) is 0.381. The molecule has 0 amide bonds. The minimum absolute atomic E-state index is 0.0000491. The zero-order valence-electron chi connectivity index (χ0n) is 14.8. The van der Waals surface area contributed by atoms with Gasteiger partial charge < -0.3 is 18.9 Å². The van der Waals surface area contributed by atoms with Crippen molar-refractivity contribution in [1.29, 1.82) is 0 Å². The molecule has 3 rings (SSSR count). The van der Waals surface area contributed by atoms with Gasteiger partial charge in [0.25, 0.3) is 0 Å². The van der Waals surface area contributed by atoms with Crippen molar-refractivity contribution in [3.63, 3.8) is 0 Å². The smallest absolute Gasteiger partial charge is 0.342 e. The van der Waals surface area contributed by atoms with Gasteiger partial charge in [0, 0.05) is 6.61 Å². The van der Waals surface area contributed by atoms with Gasteiger partial charge in [-0.2, -0.15) is 0 Å². The average molecular weight is 356 g/mol. The molecule has 1 fully saturated rings. The number of hydrogen-bond acceptors (Lipinski definition) is 5. The summed E-state index contributed by atoms with van der Waals surface area (Å²) in [6, 6.07) is 16.6. The summed E-state index contributed by atoms with van der Waals surface area (Å²) < 4.78 is 22.3. The van der Waals surface area contributed by atoms with E-state index >= 15 is 0 Å². The van der Waals surface area contributed by atoms with Crippen LogP contribution in [0.1, 0.15) is 29.6 Å². The highest BCUT2D eigenvalue weighted by molar-refractivity contribution is 5.92. The first-order valence-electron chi connectivity index (χ1n) is 9.01. The molecule has 0 aliphatic carbocycles. The van der Waals surface area contributed by atoms with Crippen LogP contribution < -0.4 is 9.47 Å². The van der Waals surface area contributed by atoms with Gasteiger partial charge >= 0.3 is 5.97 Å². The first kappa shape index (κ1) is 18.3. The number of benzene rings is 2. The molecule has 0 N–H and O–H groups in total. The van der Waals surface area contributed by atoms with Crippen LogP contribution in [-0.4, -0.2) is 38.5 Å². The third-order valence-electron chi connectivity index (χ3n) is 4.13. The molecular formula is C21H24O5. The zero-order chi connectivity index (χ0) is 18.0. The summed E-state index contributed by atoms with van der Waals surface area (Å²) in [5.41, 5.74) is 0.419. The largest absolute Gasteiger partial charge is 0.490 e. The van der Waals surface area contributed by atoms with E-state index in [-0.39, 0.29) is 12.7 Å². The maximum atomic E-state index is 12.4. The minimum atomic E-state index is -0.390. The van der Waals surface area contributed by atoms with Gasteiger partial charge in [0.2, 0.25) is 0 Å². The first-order valence-corrected chi connectivity index (χ1v) is 9.01. The molecule has 26 heavy (non-hydrogen) atoms. The first-order chi connectivity index (χ1) is 12.8. The van der Waals surface area contributed by atoms with E-state index in [4.69, 9.17) is 18.9 Å². The van der Waals surface area contributed by atoms with E-state index in [1.807, 2.05) is 36.4 Å². The third kappa shape index (κ3) is 5.49. The van der Waals surface area contributed by atoms with Gasteiger partial charge in [-0.3, -0.25) is 0 Å². The zero-order valence-corrected chi connectivity index (χ0v) is 14.8. The molecule has 0 spiro atoms. The molecule has 1 unspecified atom stereocenters. The maximum Gasteiger partial charge on any atom is 0.342 e. The van der Waals surface area contributed by atoms with Crippen LogP contribution in [0.3, 0.4) is 0 Å². The van der Waals surface area contributed by atoms with Crippen LogP contribution in [0.2, 0.25) is 0 Å². The second-order valence-corrected chi connectivity index (χ2v) is 6.09. The Kier molecular flexibility index (Phi) is 6.90. The Morgan fingerprint density at radius 2 is 1.73 bits per heavy atom. The molecule has 0 radical (unpaired) electrons. The van der Waals surface area contributed by atoms with Crippen LogP contribution in [0.25, 0.3) is 0 Å². The van der Waals surface area contributed by atoms with Crippen molar-refractivity contribution in [3.8, 4) is 11.5 Å². The molecule has 1 aliphatic rings. The molecule has 1 atom stereocenters. The Bertz CT molecular complexity index is 680. The summed E-state index contributed by atoms with van der Waals surface area (Å²) in [7, 11) is 0. The van der Waals surface area contributed by atoms with Crippen LogP contribution in [0.5, 0.6) is 11.5 Å². The summed E-state index contributed by atoms with van der Waals surface area (Å²) in [5, 5.41) is 0. The Morgan fingerprint density at radius 3 is 2.54 bits per heavy atom. The number of rotatable bonds is 8. The van der Waals surface area contributed by atoms with Gasteiger partial charge in [0.1, 0.15) is 36.9 Å². The van der Waals surface area contributed by atoms with Crippen molar-refractivity contribution in [1.82, 2.24) is 0 Å². The predicted octanol–water partition coefficient (Wildman–Crippen LogP) is 3.87. The highest BCUT2D eigenvalue weighted by atomic mass is 16.6. The summed E-state index contributed by atoms with van der Waals surface area (Å²) in [5.74, 6) is 0.897. The minimum Gasteiger partial charge on any atom is -0.490 e. The Hall–Kier alpha value is -2.53. The van der Waals surface area contributed by atoms with E-state index in [0.29, 0.717) is 24.5 Å². The lowest BCUT2D eigenvalue weighted by atomic mass is 10.1. The van der Waals surface area contributed by atoms with Gasteiger partial charge in [0.15, 0.2) is 0 Å². The topological polar surface area (TPSA) is 54.0 Å². The van der Waals surface area contributed by atoms with Gasteiger partial charge in [0.05, 0.1) is 6.10 Å². The van der Waals surface area contributed by atoms with Gasteiger partial charge in [-0.05, 0) is 43.5 Å². The van der Waals surface area contributed by atoms with E-state index in [1.54, 1.807) is 18.2 Å². The molecule has 0 bridgehead atoms. The van der Waals surface area contributed by atoms with Crippen LogP contribution in [0, 0.1) is 0 Å². The maximum absolute atomic E-state index is 12.4. The molecule has 2 aromatic rings. The normalized spacial score (nSPS) is 16.7. The van der Waals surface area contributed by atoms with E-state index in [1.165, 1.54) is 0 Å². The van der Waals surface area contributed by atoms with E-state index in [2.05, 4.69) is 0 Å². The quantitative estimate of drug-likeness (QED) is 0.531. The van der Waals surface area contributed by atoms with Crippen molar-refractivity contribution in [2.75, 3.05) is 26.4 Å². The summed E-state index contributed by atoms with van der Waals surface area (Å²) in [4.78, 5) is 12.4. The lowest BCUT2D eigenvalue weighted by Gasteiger charge is -2.22. The predicted molar refractivity (Wildman–Crippen MR) is 97.7 cm³/mol. The number of carbonyl (C=O) groups is 1. The van der Waals surface area contributed by atoms with Crippen molar-refractivity contribution in [3.05, 3.63) is 60.2 Å². The molecule has 5 nitrogen and oxygen atoms in total. The van der Waals surface area contributed by atoms with Crippen molar-refractivity contribution < 1.29 is 23.7 Å². The average Bonchev–Trinajstić information content (AvgIpc) is 2.71. The number of ether oxygens (including phenoxy) is 4. The van der Waals surface area contributed by atoms with Crippen LogP contribution in [0.4, 0.5) is 0 Å². The van der Waals surface area contributed by atoms with E-state index in [0.717, 1.165) is 31.6 Å². The lowest BCUT2D eigenvalue weighted by molar-refractivity contribution is -0.0301. The van der Waals surface area contributed by atoms with Crippen LogP contribution in [-0.2, 0) is 9.47 Å². The van der Waals surface area contributed by atoms with E-state index in [9.17, 15) is 4.79 Å². The Morgan fingerprint density at radius 1 is 0.962 bits per heavy atom. The monoisotopic (exact) mass is 356 g/mol. The second-order valence-electron chi connectivity index (χ2n) is 6.09. The molecule has 0 saturated carbocycles. The lowest BCUT2D eigenvalue weighted by Crippen LogP contribution is -2.26. The van der Waals surface area contributed by atoms with Crippen LogP contribution >= 0.6 is 0 Å². The highest BCUT2D eigenvalue weighted by Gasteiger charge is 2.18. The molecule has 5 heteroatoms.